The zero-order valence-electron chi connectivity index (χ0n) is 10.0. The molecule has 0 atom stereocenters. The molecule has 0 nitrogen and oxygen atoms in total. The lowest BCUT2D eigenvalue weighted by atomic mass is 10.2. The van der Waals surface area contributed by atoms with Gasteiger partial charge in [-0.25, -0.2) is 0 Å². The summed E-state index contributed by atoms with van der Waals surface area (Å²) in [5.74, 6) is 2.49. The topological polar surface area (TPSA) is 0 Å². The first kappa shape index (κ1) is 11.7. The van der Waals surface area contributed by atoms with Gasteiger partial charge in [-0.3, -0.25) is 0 Å². The molecule has 1 aliphatic rings. The number of halogens is 2. The Morgan fingerprint density at radius 2 is 1.32 bits per heavy atom. The summed E-state index contributed by atoms with van der Waals surface area (Å²) in [6.45, 7) is 0. The van der Waals surface area contributed by atoms with Crippen LogP contribution in [0.3, 0.4) is 0 Å². The largest absolute Gasteiger partial charge is 0.308 e. The molecule has 0 bridgehead atoms. The van der Waals surface area contributed by atoms with Crippen molar-refractivity contribution in [2.24, 2.45) is 0 Å². The molecule has 2 aromatic rings. The smallest absolute Gasteiger partial charge is 0.195 e. The van der Waals surface area contributed by atoms with Gasteiger partial charge >= 0.3 is 5.92 Å². The van der Waals surface area contributed by atoms with E-state index in [9.17, 15) is 8.78 Å². The molecule has 0 saturated heterocycles. The predicted molar refractivity (Wildman–Crippen MR) is 71.6 cm³/mol. The average Bonchev–Trinajstić information content (AvgIpc) is 3.00. The van der Waals surface area contributed by atoms with Crippen LogP contribution in [-0.2, 0) is 0 Å². The van der Waals surface area contributed by atoms with Crippen molar-refractivity contribution in [3.8, 4) is 11.8 Å². The van der Waals surface area contributed by atoms with Crippen LogP contribution in [0.5, 0.6) is 0 Å². The molecule has 1 aliphatic carbocycles. The summed E-state index contributed by atoms with van der Waals surface area (Å²) in [6.07, 6.45) is 0. The monoisotopic (exact) mass is 252 g/mol. The van der Waals surface area contributed by atoms with Crippen LogP contribution in [0.25, 0.3) is 5.57 Å². The third kappa shape index (κ3) is 2.15. The van der Waals surface area contributed by atoms with E-state index in [1.807, 2.05) is 18.2 Å². The van der Waals surface area contributed by atoms with E-state index in [2.05, 4.69) is 11.8 Å². The van der Waals surface area contributed by atoms with Crippen molar-refractivity contribution in [1.29, 1.82) is 0 Å². The maximum atomic E-state index is 13.7. The highest BCUT2D eigenvalue weighted by molar-refractivity contribution is 5.95. The Hall–Kier alpha value is -2.40. The SMILES string of the molecule is FC1(F)C(C#Cc2ccccc2)=C1c1ccccc1. The lowest BCUT2D eigenvalue weighted by molar-refractivity contribution is 0.153. The van der Waals surface area contributed by atoms with Crippen molar-refractivity contribution in [2.75, 3.05) is 0 Å². The minimum absolute atomic E-state index is 0.0523. The quantitative estimate of drug-likeness (QED) is 0.669. The first-order valence-corrected chi connectivity index (χ1v) is 5.95. The van der Waals surface area contributed by atoms with E-state index in [4.69, 9.17) is 0 Å². The molecule has 0 N–H and O–H groups in total. The molecule has 0 unspecified atom stereocenters. The van der Waals surface area contributed by atoms with Gasteiger partial charge < -0.3 is 0 Å². The van der Waals surface area contributed by atoms with Gasteiger partial charge in [0, 0.05) is 5.56 Å². The molecule has 2 heteroatoms. The van der Waals surface area contributed by atoms with Gasteiger partial charge in [0.15, 0.2) is 0 Å². The second-order valence-corrected chi connectivity index (χ2v) is 4.31. The Labute approximate surface area is 110 Å². The third-order valence-corrected chi connectivity index (χ3v) is 2.98. The lowest BCUT2D eigenvalue weighted by Crippen LogP contribution is -1.96. The van der Waals surface area contributed by atoms with Gasteiger partial charge in [0.05, 0.1) is 11.1 Å². The third-order valence-electron chi connectivity index (χ3n) is 2.98. The van der Waals surface area contributed by atoms with E-state index in [1.165, 1.54) is 0 Å². The van der Waals surface area contributed by atoms with Crippen molar-refractivity contribution >= 4 is 5.57 Å². The Morgan fingerprint density at radius 1 is 0.737 bits per heavy atom. The van der Waals surface area contributed by atoms with Crippen molar-refractivity contribution in [3.63, 3.8) is 0 Å². The van der Waals surface area contributed by atoms with Gasteiger partial charge in [-0.1, -0.05) is 60.4 Å². The summed E-state index contributed by atoms with van der Waals surface area (Å²) in [5, 5.41) is 0. The fraction of sp³-hybridized carbons (Fsp3) is 0.0588. The van der Waals surface area contributed by atoms with Crippen molar-refractivity contribution in [1.82, 2.24) is 0 Å². The molecule has 0 heterocycles. The summed E-state index contributed by atoms with van der Waals surface area (Å²) >= 11 is 0. The van der Waals surface area contributed by atoms with Gasteiger partial charge in [-0.2, -0.15) is 8.78 Å². The highest BCUT2D eigenvalue weighted by atomic mass is 19.3. The summed E-state index contributed by atoms with van der Waals surface area (Å²) in [5.41, 5.74) is 1.27. The first-order chi connectivity index (χ1) is 9.19. The summed E-state index contributed by atoms with van der Waals surface area (Å²) < 4.78 is 27.3. The number of alkyl halides is 2. The zero-order chi connectivity index (χ0) is 13.3. The number of hydrogen-bond acceptors (Lipinski definition) is 0. The van der Waals surface area contributed by atoms with Gasteiger partial charge in [0.25, 0.3) is 0 Å². The minimum Gasteiger partial charge on any atom is -0.195 e. The molecule has 3 rings (SSSR count). The first-order valence-electron chi connectivity index (χ1n) is 5.95. The molecule has 0 radical (unpaired) electrons. The van der Waals surface area contributed by atoms with Crippen LogP contribution in [0, 0.1) is 11.8 Å². The Morgan fingerprint density at radius 3 is 1.95 bits per heavy atom. The van der Waals surface area contributed by atoms with E-state index in [0.717, 1.165) is 5.56 Å². The van der Waals surface area contributed by atoms with E-state index in [1.54, 1.807) is 42.5 Å². The van der Waals surface area contributed by atoms with Gasteiger partial charge in [0.1, 0.15) is 0 Å². The van der Waals surface area contributed by atoms with Crippen LogP contribution in [0.1, 0.15) is 11.1 Å². The molecular formula is C17H10F2. The maximum Gasteiger partial charge on any atom is 0.308 e. The second-order valence-electron chi connectivity index (χ2n) is 4.31. The zero-order valence-corrected chi connectivity index (χ0v) is 10.0. The molecule has 0 saturated carbocycles. The highest BCUT2D eigenvalue weighted by Gasteiger charge is 2.56. The van der Waals surface area contributed by atoms with Crippen molar-refractivity contribution in [3.05, 3.63) is 77.4 Å². The Bertz CT molecular complexity index is 686. The minimum atomic E-state index is -2.87. The van der Waals surface area contributed by atoms with Crippen molar-refractivity contribution in [2.45, 2.75) is 5.92 Å². The number of benzene rings is 2. The van der Waals surface area contributed by atoms with E-state index >= 15 is 0 Å². The van der Waals surface area contributed by atoms with Crippen molar-refractivity contribution < 1.29 is 8.78 Å². The molecule has 0 amide bonds. The van der Waals surface area contributed by atoms with Crippen LogP contribution in [-0.4, -0.2) is 5.92 Å². The van der Waals surface area contributed by atoms with E-state index in [-0.39, 0.29) is 11.1 Å². The standard InChI is InChI=1S/C17H10F2/c18-17(19)15(12-11-13-7-3-1-4-8-13)16(17)14-9-5-2-6-10-14/h1-10H. The molecule has 0 spiro atoms. The Kier molecular flexibility index (Phi) is 2.68. The van der Waals surface area contributed by atoms with Crippen LogP contribution in [0.4, 0.5) is 8.78 Å². The van der Waals surface area contributed by atoms with Crippen LogP contribution in [0.15, 0.2) is 66.2 Å². The summed E-state index contributed by atoms with van der Waals surface area (Å²) in [7, 11) is 0. The van der Waals surface area contributed by atoms with E-state index < -0.39 is 5.92 Å². The number of rotatable bonds is 1. The normalized spacial score (nSPS) is 15.7. The fourth-order valence-corrected chi connectivity index (χ4v) is 1.96. The second kappa shape index (κ2) is 4.37. The van der Waals surface area contributed by atoms with Gasteiger partial charge in [0.2, 0.25) is 0 Å². The average molecular weight is 252 g/mol. The summed E-state index contributed by atoms with van der Waals surface area (Å²) in [4.78, 5) is 0. The highest BCUT2D eigenvalue weighted by Crippen LogP contribution is 2.54. The summed E-state index contributed by atoms with van der Waals surface area (Å²) in [6, 6.07) is 17.8. The molecular weight excluding hydrogens is 242 g/mol. The predicted octanol–water partition coefficient (Wildman–Crippen LogP) is 4.14. The van der Waals surface area contributed by atoms with Crippen LogP contribution < -0.4 is 0 Å². The molecule has 0 fully saturated rings. The van der Waals surface area contributed by atoms with E-state index in [0.29, 0.717) is 5.56 Å². The van der Waals surface area contributed by atoms with Crippen LogP contribution in [0.2, 0.25) is 0 Å². The number of hydrogen-bond donors (Lipinski definition) is 0. The molecule has 0 aliphatic heterocycles. The lowest BCUT2D eigenvalue weighted by Gasteiger charge is -1.95. The molecule has 2 aromatic carbocycles. The van der Waals surface area contributed by atoms with Gasteiger partial charge in [-0.15, -0.1) is 0 Å². The maximum absolute atomic E-state index is 13.7. The van der Waals surface area contributed by atoms with Gasteiger partial charge in [-0.05, 0) is 17.7 Å². The molecule has 0 aromatic heterocycles. The Balaban J connectivity index is 1.94. The fourth-order valence-electron chi connectivity index (χ4n) is 1.96. The number of allylic oxidation sites excluding steroid dienone is 2. The molecule has 19 heavy (non-hydrogen) atoms. The molecule has 92 valence electrons. The van der Waals surface area contributed by atoms with Crippen LogP contribution >= 0.6 is 0 Å².